The third kappa shape index (κ3) is 4.44. The van der Waals surface area contributed by atoms with Crippen molar-refractivity contribution in [2.75, 3.05) is 13.6 Å². The Morgan fingerprint density at radius 2 is 2.06 bits per heavy atom. The zero-order valence-electron chi connectivity index (χ0n) is 10.2. The van der Waals surface area contributed by atoms with E-state index in [0.29, 0.717) is 11.9 Å². The number of ether oxygens (including phenoxy) is 2. The van der Waals surface area contributed by atoms with Crippen LogP contribution in [0.1, 0.15) is 20.8 Å². The zero-order valence-corrected chi connectivity index (χ0v) is 10.2. The van der Waals surface area contributed by atoms with Crippen molar-refractivity contribution < 1.29 is 9.47 Å². The molecule has 0 aromatic carbocycles. The summed E-state index contributed by atoms with van der Waals surface area (Å²) in [4.78, 5) is 8.18. The quantitative estimate of drug-likeness (QED) is 0.789. The number of nitrogens with zero attached hydrogens (tertiary/aromatic N) is 2. The SMILES string of the molecule is CNCC(C)Oc1nccc(OC(C)C)n1. The Bertz CT molecular complexity index is 318. The van der Waals surface area contributed by atoms with E-state index >= 15 is 0 Å². The van der Waals surface area contributed by atoms with E-state index < -0.39 is 0 Å². The normalized spacial score (nSPS) is 12.6. The number of hydrogen-bond acceptors (Lipinski definition) is 5. The highest BCUT2D eigenvalue weighted by molar-refractivity contribution is 5.11. The molecule has 0 saturated heterocycles. The third-order valence-corrected chi connectivity index (χ3v) is 1.76. The van der Waals surface area contributed by atoms with Crippen molar-refractivity contribution in [3.8, 4) is 11.9 Å². The summed E-state index contributed by atoms with van der Waals surface area (Å²) >= 11 is 0. The van der Waals surface area contributed by atoms with Gasteiger partial charge in [0.25, 0.3) is 0 Å². The van der Waals surface area contributed by atoms with Crippen LogP contribution in [0.5, 0.6) is 11.9 Å². The molecule has 0 amide bonds. The van der Waals surface area contributed by atoms with Crippen LogP contribution in [-0.2, 0) is 0 Å². The summed E-state index contributed by atoms with van der Waals surface area (Å²) in [6.45, 7) is 6.60. The molecule has 0 bridgehead atoms. The molecule has 0 aliphatic heterocycles. The average molecular weight is 225 g/mol. The minimum Gasteiger partial charge on any atom is -0.475 e. The van der Waals surface area contributed by atoms with Crippen LogP contribution in [0.25, 0.3) is 0 Å². The van der Waals surface area contributed by atoms with Crippen molar-refractivity contribution in [1.82, 2.24) is 15.3 Å². The lowest BCUT2D eigenvalue weighted by molar-refractivity contribution is 0.191. The largest absolute Gasteiger partial charge is 0.475 e. The molecular weight excluding hydrogens is 206 g/mol. The highest BCUT2D eigenvalue weighted by Crippen LogP contribution is 2.12. The maximum atomic E-state index is 5.51. The number of likely N-dealkylation sites (N-methyl/N-ethyl adjacent to an activating group) is 1. The molecule has 0 aliphatic carbocycles. The molecular formula is C11H19N3O2. The molecule has 16 heavy (non-hydrogen) atoms. The van der Waals surface area contributed by atoms with Crippen molar-refractivity contribution in [1.29, 1.82) is 0 Å². The minimum atomic E-state index is 0.0271. The van der Waals surface area contributed by atoms with Gasteiger partial charge in [0.05, 0.1) is 6.10 Å². The minimum absolute atomic E-state index is 0.0271. The molecule has 1 aromatic rings. The summed E-state index contributed by atoms with van der Waals surface area (Å²) in [5.74, 6) is 0.539. The Morgan fingerprint density at radius 3 is 2.69 bits per heavy atom. The fourth-order valence-corrected chi connectivity index (χ4v) is 1.20. The summed E-state index contributed by atoms with van der Waals surface area (Å²) < 4.78 is 11.0. The first kappa shape index (κ1) is 12.7. The van der Waals surface area contributed by atoms with E-state index in [-0.39, 0.29) is 12.2 Å². The topological polar surface area (TPSA) is 56.3 Å². The molecule has 0 spiro atoms. The molecule has 1 rings (SSSR count). The molecule has 5 heteroatoms. The first-order valence-corrected chi connectivity index (χ1v) is 5.42. The predicted molar refractivity (Wildman–Crippen MR) is 61.8 cm³/mol. The lowest BCUT2D eigenvalue weighted by Gasteiger charge is -2.13. The number of rotatable bonds is 6. The molecule has 1 aromatic heterocycles. The van der Waals surface area contributed by atoms with E-state index in [9.17, 15) is 0 Å². The number of aromatic nitrogens is 2. The molecule has 90 valence electrons. The van der Waals surface area contributed by atoms with Crippen LogP contribution in [0.15, 0.2) is 12.3 Å². The van der Waals surface area contributed by atoms with Gasteiger partial charge >= 0.3 is 6.01 Å². The Kier molecular flexibility index (Phi) is 4.98. The fraction of sp³-hybridized carbons (Fsp3) is 0.636. The van der Waals surface area contributed by atoms with E-state index in [2.05, 4.69) is 15.3 Å². The monoisotopic (exact) mass is 225 g/mol. The van der Waals surface area contributed by atoms with Gasteiger partial charge in [0, 0.05) is 18.8 Å². The molecule has 1 N–H and O–H groups in total. The second-order valence-corrected chi connectivity index (χ2v) is 3.83. The lowest BCUT2D eigenvalue weighted by Crippen LogP contribution is -2.26. The average Bonchev–Trinajstić information content (AvgIpc) is 2.17. The zero-order chi connectivity index (χ0) is 12.0. The van der Waals surface area contributed by atoms with Gasteiger partial charge < -0.3 is 14.8 Å². The molecule has 0 aliphatic rings. The van der Waals surface area contributed by atoms with Crippen LogP contribution in [0, 0.1) is 0 Å². The van der Waals surface area contributed by atoms with Crippen molar-refractivity contribution in [3.63, 3.8) is 0 Å². The van der Waals surface area contributed by atoms with E-state index in [0.717, 1.165) is 6.54 Å². The van der Waals surface area contributed by atoms with Gasteiger partial charge in [-0.1, -0.05) is 0 Å². The highest BCUT2D eigenvalue weighted by atomic mass is 16.5. The van der Waals surface area contributed by atoms with Crippen molar-refractivity contribution in [2.24, 2.45) is 0 Å². The Morgan fingerprint density at radius 1 is 1.31 bits per heavy atom. The summed E-state index contributed by atoms with van der Waals surface area (Å²) in [5.41, 5.74) is 0. The van der Waals surface area contributed by atoms with E-state index in [1.807, 2.05) is 27.8 Å². The fourth-order valence-electron chi connectivity index (χ4n) is 1.20. The van der Waals surface area contributed by atoms with Crippen molar-refractivity contribution in [2.45, 2.75) is 33.0 Å². The maximum absolute atomic E-state index is 5.51. The van der Waals surface area contributed by atoms with Crippen LogP contribution >= 0.6 is 0 Å². The Labute approximate surface area is 96.2 Å². The lowest BCUT2D eigenvalue weighted by atomic mass is 10.4. The Balaban J connectivity index is 2.59. The second-order valence-electron chi connectivity index (χ2n) is 3.83. The molecule has 1 heterocycles. The molecule has 5 nitrogen and oxygen atoms in total. The van der Waals surface area contributed by atoms with Crippen LogP contribution in [0.2, 0.25) is 0 Å². The van der Waals surface area contributed by atoms with E-state index in [1.165, 1.54) is 0 Å². The van der Waals surface area contributed by atoms with Crippen LogP contribution in [-0.4, -0.2) is 35.8 Å². The molecule has 1 atom stereocenters. The molecule has 1 unspecified atom stereocenters. The van der Waals surface area contributed by atoms with Gasteiger partial charge in [-0.2, -0.15) is 4.98 Å². The molecule has 0 radical (unpaired) electrons. The first-order chi connectivity index (χ1) is 7.61. The standard InChI is InChI=1S/C11H19N3O2/c1-8(2)15-10-5-6-13-11(14-10)16-9(3)7-12-4/h5-6,8-9,12H,7H2,1-4H3. The predicted octanol–water partition coefficient (Wildman–Crippen LogP) is 1.25. The van der Waals surface area contributed by atoms with Crippen LogP contribution in [0.3, 0.4) is 0 Å². The summed E-state index contributed by atoms with van der Waals surface area (Å²) in [6.07, 6.45) is 1.75. The van der Waals surface area contributed by atoms with Gasteiger partial charge in [0.2, 0.25) is 5.88 Å². The van der Waals surface area contributed by atoms with Gasteiger partial charge in [-0.05, 0) is 27.8 Å². The third-order valence-electron chi connectivity index (χ3n) is 1.76. The van der Waals surface area contributed by atoms with Gasteiger partial charge in [-0.15, -0.1) is 0 Å². The van der Waals surface area contributed by atoms with Gasteiger partial charge in [0.1, 0.15) is 6.10 Å². The smallest absolute Gasteiger partial charge is 0.319 e. The van der Waals surface area contributed by atoms with Crippen molar-refractivity contribution >= 4 is 0 Å². The van der Waals surface area contributed by atoms with E-state index in [1.54, 1.807) is 12.3 Å². The highest BCUT2D eigenvalue weighted by Gasteiger charge is 2.07. The second kappa shape index (κ2) is 6.27. The Hall–Kier alpha value is -1.36. The van der Waals surface area contributed by atoms with E-state index in [4.69, 9.17) is 9.47 Å². The van der Waals surface area contributed by atoms with Crippen LogP contribution < -0.4 is 14.8 Å². The summed E-state index contributed by atoms with van der Waals surface area (Å²) in [6, 6.07) is 2.07. The number of nitrogens with one attached hydrogen (secondary N) is 1. The van der Waals surface area contributed by atoms with Gasteiger partial charge in [0.15, 0.2) is 0 Å². The summed E-state index contributed by atoms with van der Waals surface area (Å²) in [7, 11) is 1.87. The van der Waals surface area contributed by atoms with Gasteiger partial charge in [-0.25, -0.2) is 4.98 Å². The number of hydrogen-bond donors (Lipinski definition) is 1. The summed E-state index contributed by atoms with van der Waals surface area (Å²) in [5, 5.41) is 3.02. The van der Waals surface area contributed by atoms with Crippen LogP contribution in [0.4, 0.5) is 0 Å². The molecule has 0 fully saturated rings. The molecule has 0 saturated carbocycles. The first-order valence-electron chi connectivity index (χ1n) is 5.42. The maximum Gasteiger partial charge on any atom is 0.319 e. The van der Waals surface area contributed by atoms with Gasteiger partial charge in [-0.3, -0.25) is 0 Å². The van der Waals surface area contributed by atoms with Crippen molar-refractivity contribution in [3.05, 3.63) is 12.3 Å².